The average Bonchev–Trinajstić information content (AvgIpc) is 2.87. The third-order valence-corrected chi connectivity index (χ3v) is 5.88. The predicted octanol–water partition coefficient (Wildman–Crippen LogP) is 2.63. The van der Waals surface area contributed by atoms with Crippen LogP contribution in [0.25, 0.3) is 0 Å². The van der Waals surface area contributed by atoms with Crippen molar-refractivity contribution < 1.29 is 27.5 Å². The van der Waals surface area contributed by atoms with Crippen molar-refractivity contribution in [1.29, 1.82) is 0 Å². The molecule has 3 rings (SSSR count). The van der Waals surface area contributed by atoms with Gasteiger partial charge in [0.25, 0.3) is 11.8 Å². The molecule has 0 spiro atoms. The van der Waals surface area contributed by atoms with Gasteiger partial charge in [0.15, 0.2) is 6.61 Å². The average molecular weight is 511 g/mol. The van der Waals surface area contributed by atoms with Crippen LogP contribution in [0.15, 0.2) is 84.0 Å². The minimum absolute atomic E-state index is 0.151. The van der Waals surface area contributed by atoms with Crippen LogP contribution < -0.4 is 24.5 Å². The molecule has 36 heavy (non-hydrogen) atoms. The van der Waals surface area contributed by atoms with Crippen LogP contribution in [0.4, 0.5) is 11.4 Å². The lowest BCUT2D eigenvalue weighted by Gasteiger charge is -2.23. The molecule has 2 N–H and O–H groups in total. The van der Waals surface area contributed by atoms with E-state index in [1.54, 1.807) is 60.7 Å². The quantitative estimate of drug-likeness (QED) is 0.302. The van der Waals surface area contributed by atoms with Crippen LogP contribution in [0.5, 0.6) is 11.5 Å². The number of rotatable bonds is 11. The highest BCUT2D eigenvalue weighted by Crippen LogP contribution is 2.29. The van der Waals surface area contributed by atoms with E-state index < -0.39 is 22.5 Å². The number of hydrazone groups is 1. The number of carbonyl (C=O) groups is 2. The van der Waals surface area contributed by atoms with Crippen molar-refractivity contribution in [2.24, 2.45) is 5.10 Å². The molecule has 10 nitrogen and oxygen atoms in total. The lowest BCUT2D eigenvalue weighted by Crippen LogP contribution is -2.39. The van der Waals surface area contributed by atoms with E-state index in [0.29, 0.717) is 22.7 Å². The molecule has 0 fully saturated rings. The molecular weight excluding hydrogens is 484 g/mol. The highest BCUT2D eigenvalue weighted by Gasteiger charge is 2.23. The summed E-state index contributed by atoms with van der Waals surface area (Å²) in [5, 5.41) is 6.61. The molecule has 0 unspecified atom stereocenters. The molecule has 0 aliphatic carbocycles. The zero-order valence-electron chi connectivity index (χ0n) is 19.7. The van der Waals surface area contributed by atoms with Crippen LogP contribution in [0.2, 0.25) is 0 Å². The Hall–Kier alpha value is -4.38. The number of hydrogen-bond acceptors (Lipinski definition) is 7. The van der Waals surface area contributed by atoms with E-state index in [0.717, 1.165) is 10.6 Å². The number of sulfonamides is 1. The van der Waals surface area contributed by atoms with Crippen molar-refractivity contribution in [3.63, 3.8) is 0 Å². The standard InChI is InChI=1S/C25H26N4O6S/c1-34-23-11-7-6-10-22(23)29(36(2,32)33)17-24(30)28-26-16-19-12-14-21(15-13-19)35-18-25(31)27-20-8-4-3-5-9-20/h3-16H,17-18H2,1-2H3,(H,27,31)(H,28,30)/b26-16-. The summed E-state index contributed by atoms with van der Waals surface area (Å²) < 4.78 is 36.2. The molecule has 0 heterocycles. The highest BCUT2D eigenvalue weighted by molar-refractivity contribution is 7.92. The first kappa shape index (κ1) is 26.2. The molecule has 0 aliphatic heterocycles. The predicted molar refractivity (Wildman–Crippen MR) is 138 cm³/mol. The Morgan fingerprint density at radius 3 is 2.28 bits per heavy atom. The first-order chi connectivity index (χ1) is 17.3. The van der Waals surface area contributed by atoms with Crippen molar-refractivity contribution in [3.05, 3.63) is 84.4 Å². The Labute approximate surface area is 209 Å². The van der Waals surface area contributed by atoms with E-state index in [9.17, 15) is 18.0 Å². The molecule has 188 valence electrons. The summed E-state index contributed by atoms with van der Waals surface area (Å²) in [6.07, 6.45) is 2.41. The second-order valence-corrected chi connectivity index (χ2v) is 9.41. The van der Waals surface area contributed by atoms with E-state index in [4.69, 9.17) is 9.47 Å². The Bertz CT molecular complexity index is 1310. The van der Waals surface area contributed by atoms with Crippen molar-refractivity contribution in [2.75, 3.05) is 36.1 Å². The lowest BCUT2D eigenvalue weighted by molar-refractivity contribution is -0.119. The van der Waals surface area contributed by atoms with Gasteiger partial charge >= 0.3 is 0 Å². The van der Waals surface area contributed by atoms with E-state index in [1.807, 2.05) is 18.2 Å². The summed E-state index contributed by atoms with van der Waals surface area (Å²) in [6, 6.07) is 22.3. The van der Waals surface area contributed by atoms with E-state index in [2.05, 4.69) is 15.8 Å². The lowest BCUT2D eigenvalue weighted by atomic mass is 10.2. The van der Waals surface area contributed by atoms with Gasteiger partial charge in [-0.2, -0.15) is 5.10 Å². The Balaban J connectivity index is 1.52. The molecule has 0 atom stereocenters. The van der Waals surface area contributed by atoms with Crippen LogP contribution >= 0.6 is 0 Å². The Kier molecular flexibility index (Phi) is 9.01. The highest BCUT2D eigenvalue weighted by atomic mass is 32.2. The number of para-hydroxylation sites is 3. The number of anilines is 2. The molecule has 0 saturated heterocycles. The fourth-order valence-corrected chi connectivity index (χ4v) is 3.94. The SMILES string of the molecule is COc1ccccc1N(CC(=O)N/N=C\c1ccc(OCC(=O)Nc2ccccc2)cc1)S(C)(=O)=O. The van der Waals surface area contributed by atoms with Gasteiger partial charge in [0.05, 0.1) is 25.3 Å². The number of methoxy groups -OCH3 is 1. The summed E-state index contributed by atoms with van der Waals surface area (Å²) in [4.78, 5) is 24.3. The third kappa shape index (κ3) is 7.84. The molecule has 11 heteroatoms. The number of ether oxygens (including phenoxy) is 2. The summed E-state index contributed by atoms with van der Waals surface area (Å²) in [5.41, 5.74) is 3.90. The summed E-state index contributed by atoms with van der Waals surface area (Å²) in [6.45, 7) is -0.629. The van der Waals surface area contributed by atoms with Crippen molar-refractivity contribution >= 4 is 39.4 Å². The fourth-order valence-electron chi connectivity index (χ4n) is 3.08. The Morgan fingerprint density at radius 2 is 1.61 bits per heavy atom. The zero-order valence-corrected chi connectivity index (χ0v) is 20.6. The van der Waals surface area contributed by atoms with E-state index >= 15 is 0 Å². The van der Waals surface area contributed by atoms with Crippen molar-refractivity contribution in [3.8, 4) is 11.5 Å². The molecule has 0 aromatic heterocycles. The monoisotopic (exact) mass is 510 g/mol. The molecule has 0 bridgehead atoms. The smallest absolute Gasteiger partial charge is 0.262 e. The number of benzene rings is 3. The van der Waals surface area contributed by atoms with Crippen LogP contribution in [-0.2, 0) is 19.6 Å². The van der Waals surface area contributed by atoms with Gasteiger partial charge in [0.2, 0.25) is 10.0 Å². The second kappa shape index (κ2) is 12.4. The normalized spacial score (nSPS) is 11.1. The van der Waals surface area contributed by atoms with Crippen LogP contribution in [-0.4, -0.2) is 53.0 Å². The summed E-state index contributed by atoms with van der Waals surface area (Å²) in [7, 11) is -2.34. The maximum atomic E-state index is 12.4. The molecular formula is C25H26N4O6S. The number of nitrogens with zero attached hydrogens (tertiary/aromatic N) is 2. The molecule has 3 aromatic rings. The third-order valence-electron chi connectivity index (χ3n) is 4.75. The molecule has 0 saturated carbocycles. The largest absolute Gasteiger partial charge is 0.495 e. The van der Waals surface area contributed by atoms with Gasteiger partial charge in [-0.1, -0.05) is 30.3 Å². The topological polar surface area (TPSA) is 126 Å². The van der Waals surface area contributed by atoms with Crippen LogP contribution in [0.1, 0.15) is 5.56 Å². The fraction of sp³-hybridized carbons (Fsp3) is 0.160. The van der Waals surface area contributed by atoms with E-state index in [-0.39, 0.29) is 18.2 Å². The van der Waals surface area contributed by atoms with Gasteiger partial charge in [0, 0.05) is 5.69 Å². The zero-order chi connectivity index (χ0) is 26.0. The van der Waals surface area contributed by atoms with Gasteiger partial charge < -0.3 is 14.8 Å². The molecule has 0 radical (unpaired) electrons. The summed E-state index contributed by atoms with van der Waals surface area (Å²) >= 11 is 0. The summed E-state index contributed by atoms with van der Waals surface area (Å²) in [5.74, 6) is -0.114. The number of nitrogens with one attached hydrogen (secondary N) is 2. The first-order valence-corrected chi connectivity index (χ1v) is 12.6. The number of hydrogen-bond donors (Lipinski definition) is 2. The Morgan fingerprint density at radius 1 is 0.944 bits per heavy atom. The minimum atomic E-state index is -3.76. The second-order valence-electron chi connectivity index (χ2n) is 7.51. The number of carbonyl (C=O) groups excluding carboxylic acids is 2. The first-order valence-electron chi connectivity index (χ1n) is 10.8. The maximum absolute atomic E-state index is 12.4. The van der Waals surface area contributed by atoms with E-state index in [1.165, 1.54) is 13.3 Å². The molecule has 0 aliphatic rings. The van der Waals surface area contributed by atoms with Gasteiger partial charge in [-0.15, -0.1) is 0 Å². The van der Waals surface area contributed by atoms with Crippen LogP contribution in [0, 0.1) is 0 Å². The van der Waals surface area contributed by atoms with Gasteiger partial charge in [0.1, 0.15) is 18.0 Å². The molecule has 3 aromatic carbocycles. The van der Waals surface area contributed by atoms with Gasteiger partial charge in [-0.25, -0.2) is 13.8 Å². The van der Waals surface area contributed by atoms with Crippen molar-refractivity contribution in [1.82, 2.24) is 5.43 Å². The van der Waals surface area contributed by atoms with Gasteiger partial charge in [-0.05, 0) is 54.1 Å². The maximum Gasteiger partial charge on any atom is 0.262 e. The van der Waals surface area contributed by atoms with Crippen molar-refractivity contribution in [2.45, 2.75) is 0 Å². The minimum Gasteiger partial charge on any atom is -0.495 e. The van der Waals surface area contributed by atoms with Crippen LogP contribution in [0.3, 0.4) is 0 Å². The van der Waals surface area contributed by atoms with Gasteiger partial charge in [-0.3, -0.25) is 13.9 Å². The molecule has 2 amide bonds. The number of amides is 2.